The third-order valence-corrected chi connectivity index (χ3v) is 13.3. The minimum Gasteiger partial charge on any atom is -0.475 e. The molecular formula is C52H59N3O2. The maximum Gasteiger partial charge on any atom is 0.216 e. The van der Waals surface area contributed by atoms with E-state index in [1.807, 2.05) is 6.20 Å². The number of hydrogen-bond donors (Lipinski definition) is 0. The Balaban J connectivity index is 1.22. The minimum absolute atomic E-state index is 0.0101. The number of nitrogens with zero attached hydrogens (tertiary/aromatic N) is 3. The predicted molar refractivity (Wildman–Crippen MR) is 237 cm³/mol. The van der Waals surface area contributed by atoms with Gasteiger partial charge in [0.1, 0.15) is 23.8 Å². The number of pyridine rings is 1. The minimum atomic E-state index is -0.240. The number of ether oxygens (including phenoxy) is 2. The van der Waals surface area contributed by atoms with Crippen LogP contribution in [0.2, 0.25) is 0 Å². The molecule has 4 heterocycles. The fourth-order valence-corrected chi connectivity index (χ4v) is 9.98. The highest BCUT2D eigenvalue weighted by Gasteiger charge is 2.38. The molecule has 1 aliphatic carbocycles. The first-order chi connectivity index (χ1) is 27.2. The first-order valence-electron chi connectivity index (χ1n) is 21.5. The van der Waals surface area contributed by atoms with Gasteiger partial charge in [-0.15, -0.1) is 0 Å². The van der Waals surface area contributed by atoms with Gasteiger partial charge in [0.15, 0.2) is 0 Å². The lowest BCUT2D eigenvalue weighted by molar-refractivity contribution is 0.240. The van der Waals surface area contributed by atoms with Crippen molar-refractivity contribution in [2.45, 2.75) is 130 Å². The predicted octanol–water partition coefficient (Wildman–Crippen LogP) is 13.9. The lowest BCUT2D eigenvalue weighted by Gasteiger charge is -2.36. The molecule has 6 aromatic rings. The van der Waals surface area contributed by atoms with Crippen LogP contribution in [0.4, 0.5) is 0 Å². The van der Waals surface area contributed by atoms with E-state index in [1.165, 1.54) is 81.8 Å². The second kappa shape index (κ2) is 13.9. The zero-order valence-corrected chi connectivity index (χ0v) is 35.7. The Labute approximate surface area is 339 Å². The monoisotopic (exact) mass is 757 g/mol. The Kier molecular flexibility index (Phi) is 9.18. The molecule has 2 aliphatic heterocycles. The van der Waals surface area contributed by atoms with Crippen LogP contribution in [0.5, 0.6) is 11.5 Å². The van der Waals surface area contributed by atoms with E-state index >= 15 is 0 Å². The Bertz CT molecular complexity index is 2550. The molecule has 5 heteroatoms. The molecular weight excluding hydrogens is 699 g/mol. The van der Waals surface area contributed by atoms with Crippen molar-refractivity contribution in [3.63, 3.8) is 0 Å². The molecule has 294 valence electrons. The van der Waals surface area contributed by atoms with Gasteiger partial charge in [-0.3, -0.25) is 4.57 Å². The number of hydrogen-bond acceptors (Lipinski definition) is 4. The van der Waals surface area contributed by atoms with Gasteiger partial charge in [-0.1, -0.05) is 106 Å². The topological polar surface area (TPSA) is 48.6 Å². The second-order valence-electron chi connectivity index (χ2n) is 19.3. The van der Waals surface area contributed by atoms with E-state index in [-0.39, 0.29) is 16.9 Å². The number of rotatable bonds is 7. The molecule has 3 aliphatic rings. The van der Waals surface area contributed by atoms with E-state index in [9.17, 15) is 0 Å². The molecule has 1 atom stereocenters. The van der Waals surface area contributed by atoms with E-state index in [1.54, 1.807) is 0 Å². The van der Waals surface area contributed by atoms with Crippen molar-refractivity contribution in [1.29, 1.82) is 0 Å². The molecule has 1 fully saturated rings. The second-order valence-corrected chi connectivity index (χ2v) is 19.3. The molecule has 0 radical (unpaired) electrons. The lowest BCUT2D eigenvalue weighted by atomic mass is 9.72. The van der Waals surface area contributed by atoms with Gasteiger partial charge in [-0.2, -0.15) is 0 Å². The molecule has 0 spiro atoms. The van der Waals surface area contributed by atoms with Crippen molar-refractivity contribution in [1.82, 2.24) is 9.55 Å². The zero-order chi connectivity index (χ0) is 40.0. The molecule has 0 N–H and O–H groups in total. The highest BCUT2D eigenvalue weighted by atomic mass is 16.5. The molecule has 2 aromatic heterocycles. The number of benzene rings is 4. The van der Waals surface area contributed by atoms with Gasteiger partial charge in [0, 0.05) is 34.0 Å². The van der Waals surface area contributed by atoms with Crippen LogP contribution >= 0.6 is 0 Å². The molecule has 4 aromatic carbocycles. The van der Waals surface area contributed by atoms with Gasteiger partial charge in [0.2, 0.25) is 5.90 Å². The Morgan fingerprint density at radius 2 is 1.53 bits per heavy atom. The summed E-state index contributed by atoms with van der Waals surface area (Å²) in [5.41, 5.74) is 14.3. The van der Waals surface area contributed by atoms with E-state index < -0.39 is 0 Å². The summed E-state index contributed by atoms with van der Waals surface area (Å²) >= 11 is 0. The lowest BCUT2D eigenvalue weighted by Crippen LogP contribution is -2.27. The largest absolute Gasteiger partial charge is 0.475 e. The average Bonchev–Trinajstić information content (AvgIpc) is 3.81. The maximum atomic E-state index is 7.14. The number of aryl methyl sites for hydroxylation is 1. The smallest absolute Gasteiger partial charge is 0.216 e. The summed E-state index contributed by atoms with van der Waals surface area (Å²) < 4.78 is 16.0. The van der Waals surface area contributed by atoms with Gasteiger partial charge < -0.3 is 9.47 Å². The van der Waals surface area contributed by atoms with Crippen LogP contribution in [0.15, 0.2) is 84.0 Å². The molecule has 1 saturated carbocycles. The van der Waals surface area contributed by atoms with Crippen LogP contribution in [0.1, 0.15) is 145 Å². The van der Waals surface area contributed by atoms with Crippen LogP contribution < -0.4 is 4.74 Å². The number of aliphatic imine (C=N–C) groups is 1. The Hall–Kier alpha value is -4.90. The van der Waals surface area contributed by atoms with E-state index in [0.717, 1.165) is 45.4 Å². The summed E-state index contributed by atoms with van der Waals surface area (Å²) in [5.74, 6) is 3.69. The summed E-state index contributed by atoms with van der Waals surface area (Å²) in [4.78, 5) is 10.3. The first-order valence-corrected chi connectivity index (χ1v) is 21.5. The van der Waals surface area contributed by atoms with Gasteiger partial charge in [0.25, 0.3) is 0 Å². The van der Waals surface area contributed by atoms with Crippen molar-refractivity contribution in [2.75, 3.05) is 6.61 Å². The van der Waals surface area contributed by atoms with Crippen LogP contribution in [0.3, 0.4) is 0 Å². The summed E-state index contributed by atoms with van der Waals surface area (Å²) in [6.45, 7) is 23.7. The molecule has 9 rings (SSSR count). The van der Waals surface area contributed by atoms with Crippen molar-refractivity contribution in [3.8, 4) is 28.3 Å². The molecule has 0 bridgehead atoms. The first kappa shape index (κ1) is 37.7. The van der Waals surface area contributed by atoms with E-state index in [0.29, 0.717) is 24.4 Å². The number of fused-ring (bicyclic) bond motifs is 5. The van der Waals surface area contributed by atoms with Gasteiger partial charge >= 0.3 is 0 Å². The van der Waals surface area contributed by atoms with Gasteiger partial charge in [-0.05, 0) is 130 Å². The molecule has 57 heavy (non-hydrogen) atoms. The van der Waals surface area contributed by atoms with Gasteiger partial charge in [-0.25, -0.2) is 9.98 Å². The highest BCUT2D eigenvalue weighted by molar-refractivity contribution is 6.10. The summed E-state index contributed by atoms with van der Waals surface area (Å²) in [5, 5.41) is 2.44. The third kappa shape index (κ3) is 6.37. The summed E-state index contributed by atoms with van der Waals surface area (Å²) in [6, 6.07) is 27.4. The molecule has 0 saturated heterocycles. The van der Waals surface area contributed by atoms with Crippen LogP contribution in [-0.2, 0) is 15.6 Å². The molecule has 5 nitrogen and oxygen atoms in total. The van der Waals surface area contributed by atoms with Crippen molar-refractivity contribution < 1.29 is 9.47 Å². The highest BCUT2D eigenvalue weighted by Crippen LogP contribution is 2.50. The van der Waals surface area contributed by atoms with Gasteiger partial charge in [0.05, 0.1) is 17.2 Å². The van der Waals surface area contributed by atoms with Crippen molar-refractivity contribution >= 4 is 27.8 Å². The number of aromatic nitrogens is 2. The normalized spacial score (nSPS) is 18.0. The van der Waals surface area contributed by atoms with Crippen LogP contribution in [0, 0.1) is 12.8 Å². The quantitative estimate of drug-likeness (QED) is 0.163. The van der Waals surface area contributed by atoms with Crippen LogP contribution in [0.25, 0.3) is 38.8 Å². The molecule has 0 amide bonds. The standard InChI is InChI=1S/C52H59N3O2/c1-30(2)38-18-14-19-39(31(3)4)47(38)34-23-35(50-54-44(29-56-50)33-16-12-11-13-17-33)25-37(24-34)57-46-28-45-42(22-32(46)5)52(9,10)43-27-36(51(6,7)8)26-41-40-20-15-21-53-49(40)55(45)48(41)43/h14-15,18-28,30-31,33,44H,11-13,16-17,29H2,1-10H3/t44-/m0/s1. The summed E-state index contributed by atoms with van der Waals surface area (Å²) in [7, 11) is 0. The van der Waals surface area contributed by atoms with E-state index in [4.69, 9.17) is 19.5 Å². The Morgan fingerprint density at radius 3 is 2.23 bits per heavy atom. The third-order valence-electron chi connectivity index (χ3n) is 13.3. The van der Waals surface area contributed by atoms with Crippen molar-refractivity contribution in [3.05, 3.63) is 118 Å². The SMILES string of the molecule is Cc1cc2c(cc1Oc1cc(C3=N[C@H](C4CCCCC4)CO3)cc(-c3c(C(C)C)cccc3C(C)C)c1)-n1c3ncccc3c3cc(C(C)(C)C)cc(c31)C2(C)C. The Morgan fingerprint density at radius 1 is 0.807 bits per heavy atom. The fraction of sp³-hybridized carbons (Fsp3) is 0.423. The fourth-order valence-electron chi connectivity index (χ4n) is 9.98. The van der Waals surface area contributed by atoms with E-state index in [2.05, 4.69) is 147 Å². The van der Waals surface area contributed by atoms with Crippen LogP contribution in [-0.4, -0.2) is 28.1 Å². The summed E-state index contributed by atoms with van der Waals surface area (Å²) in [6.07, 6.45) is 8.33. The maximum absolute atomic E-state index is 7.14. The van der Waals surface area contributed by atoms with Crippen molar-refractivity contribution in [2.24, 2.45) is 10.9 Å². The zero-order valence-electron chi connectivity index (χ0n) is 35.7. The average molecular weight is 758 g/mol. The molecule has 0 unspecified atom stereocenters.